The molecule has 14 heavy (non-hydrogen) atoms. The van der Waals surface area contributed by atoms with Crippen LogP contribution in [-0.2, 0) is 9.53 Å². The second-order valence-corrected chi connectivity index (χ2v) is 4.35. The molecule has 1 unspecified atom stereocenters. The van der Waals surface area contributed by atoms with Crippen molar-refractivity contribution in [3.63, 3.8) is 0 Å². The van der Waals surface area contributed by atoms with Gasteiger partial charge in [0.15, 0.2) is 0 Å². The molecule has 0 amide bonds. The van der Waals surface area contributed by atoms with Crippen LogP contribution < -0.4 is 5.32 Å². The first-order valence-electron chi connectivity index (χ1n) is 5.22. The molecule has 2 fully saturated rings. The highest BCUT2D eigenvalue weighted by molar-refractivity contribution is 5.74. The van der Waals surface area contributed by atoms with Gasteiger partial charge in [0.25, 0.3) is 0 Å². The summed E-state index contributed by atoms with van der Waals surface area (Å²) in [6, 6.07) is 0.0273. The molecule has 0 aromatic carbocycles. The van der Waals surface area contributed by atoms with Crippen molar-refractivity contribution in [2.24, 2.45) is 5.92 Å². The van der Waals surface area contributed by atoms with Crippen LogP contribution in [0.25, 0.3) is 0 Å². The van der Waals surface area contributed by atoms with E-state index in [0.717, 1.165) is 25.7 Å². The zero-order valence-electron chi connectivity index (χ0n) is 8.40. The van der Waals surface area contributed by atoms with Crippen LogP contribution in [0.3, 0.4) is 0 Å². The van der Waals surface area contributed by atoms with Gasteiger partial charge in [0.1, 0.15) is 6.04 Å². The minimum absolute atomic E-state index is 0.321. The van der Waals surface area contributed by atoms with E-state index in [0.29, 0.717) is 18.1 Å². The van der Waals surface area contributed by atoms with Gasteiger partial charge >= 0.3 is 5.97 Å². The van der Waals surface area contributed by atoms with Crippen molar-refractivity contribution in [3.8, 4) is 0 Å². The number of rotatable bonds is 5. The van der Waals surface area contributed by atoms with Crippen molar-refractivity contribution in [1.29, 1.82) is 0 Å². The number of carbonyl (C=O) groups is 1. The van der Waals surface area contributed by atoms with E-state index in [9.17, 15) is 4.79 Å². The zero-order chi connectivity index (χ0) is 10.1. The molecule has 0 aliphatic heterocycles. The Morgan fingerprint density at radius 1 is 1.50 bits per heavy atom. The number of hydrogen-bond acceptors (Lipinski definition) is 3. The van der Waals surface area contributed by atoms with E-state index in [4.69, 9.17) is 9.84 Å². The second kappa shape index (κ2) is 3.87. The van der Waals surface area contributed by atoms with Gasteiger partial charge in [-0.3, -0.25) is 4.79 Å². The molecule has 1 atom stereocenters. The average Bonchev–Trinajstić information content (AvgIpc) is 2.85. The zero-order valence-corrected chi connectivity index (χ0v) is 8.40. The summed E-state index contributed by atoms with van der Waals surface area (Å²) in [6.07, 6.45) is 4.36. The molecular formula is C10H17NO3. The van der Waals surface area contributed by atoms with E-state index in [1.54, 1.807) is 7.11 Å². The molecule has 4 nitrogen and oxygen atoms in total. The lowest BCUT2D eigenvalue weighted by atomic mass is 9.88. The number of carboxylic acid groups (broad SMARTS) is 1. The third kappa shape index (κ3) is 2.07. The minimum atomic E-state index is -0.701. The standard InChI is InChI=1S/C10H17NO3/c1-14-8-4-7(5-8)11-9(10(12)13)6-2-3-6/h6-9,11H,2-5H2,1H3,(H,12,13). The van der Waals surface area contributed by atoms with Crippen LogP contribution in [0, 0.1) is 5.92 Å². The Hall–Kier alpha value is -0.610. The SMILES string of the molecule is COC1CC(NC(C(=O)O)C2CC2)C1. The van der Waals surface area contributed by atoms with Gasteiger partial charge in [-0.25, -0.2) is 0 Å². The summed E-state index contributed by atoms with van der Waals surface area (Å²) in [4.78, 5) is 10.9. The molecule has 0 saturated heterocycles. The summed E-state index contributed by atoms with van der Waals surface area (Å²) >= 11 is 0. The fourth-order valence-electron chi connectivity index (χ4n) is 1.99. The number of carboxylic acids is 1. The Morgan fingerprint density at radius 2 is 2.14 bits per heavy atom. The fraction of sp³-hybridized carbons (Fsp3) is 0.900. The van der Waals surface area contributed by atoms with Crippen molar-refractivity contribution in [3.05, 3.63) is 0 Å². The van der Waals surface area contributed by atoms with Gasteiger partial charge in [0.05, 0.1) is 6.10 Å². The monoisotopic (exact) mass is 199 g/mol. The van der Waals surface area contributed by atoms with E-state index in [1.165, 1.54) is 0 Å². The Kier molecular flexibility index (Phi) is 2.74. The number of methoxy groups -OCH3 is 1. The molecule has 0 aromatic heterocycles. The maximum absolute atomic E-state index is 10.9. The largest absolute Gasteiger partial charge is 0.480 e. The minimum Gasteiger partial charge on any atom is -0.480 e. The van der Waals surface area contributed by atoms with Crippen LogP contribution in [0.2, 0.25) is 0 Å². The lowest BCUT2D eigenvalue weighted by Gasteiger charge is -2.36. The number of aliphatic carboxylic acids is 1. The van der Waals surface area contributed by atoms with Crippen LogP contribution in [0.15, 0.2) is 0 Å². The topological polar surface area (TPSA) is 58.6 Å². The first kappa shape index (κ1) is 9.93. The first-order chi connectivity index (χ1) is 6.70. The van der Waals surface area contributed by atoms with Gasteiger partial charge in [-0.1, -0.05) is 0 Å². The third-order valence-electron chi connectivity index (χ3n) is 3.20. The van der Waals surface area contributed by atoms with Crippen LogP contribution in [0.4, 0.5) is 0 Å². The Balaban J connectivity index is 1.75. The summed E-state index contributed by atoms with van der Waals surface area (Å²) in [5.41, 5.74) is 0. The highest BCUT2D eigenvalue weighted by atomic mass is 16.5. The molecule has 2 N–H and O–H groups in total. The van der Waals surface area contributed by atoms with Crippen LogP contribution >= 0.6 is 0 Å². The van der Waals surface area contributed by atoms with Crippen molar-refractivity contribution in [2.75, 3.05) is 7.11 Å². The summed E-state index contributed by atoms with van der Waals surface area (Å²) in [5.74, 6) is -0.331. The van der Waals surface area contributed by atoms with Gasteiger partial charge in [-0.05, 0) is 31.6 Å². The average molecular weight is 199 g/mol. The van der Waals surface area contributed by atoms with Crippen molar-refractivity contribution in [2.45, 2.75) is 43.9 Å². The molecule has 0 heterocycles. The lowest BCUT2D eigenvalue weighted by Crippen LogP contribution is -2.52. The molecule has 4 heteroatoms. The van der Waals surface area contributed by atoms with Gasteiger partial charge in [-0.15, -0.1) is 0 Å². The van der Waals surface area contributed by atoms with Gasteiger partial charge in [-0.2, -0.15) is 0 Å². The van der Waals surface area contributed by atoms with Crippen LogP contribution in [0.1, 0.15) is 25.7 Å². The summed E-state index contributed by atoms with van der Waals surface area (Å²) in [7, 11) is 1.70. The van der Waals surface area contributed by atoms with Crippen LogP contribution in [-0.4, -0.2) is 36.4 Å². The maximum Gasteiger partial charge on any atom is 0.320 e. The fourth-order valence-corrected chi connectivity index (χ4v) is 1.99. The molecule has 80 valence electrons. The highest BCUT2D eigenvalue weighted by Gasteiger charge is 2.40. The Bertz CT molecular complexity index is 221. The molecule has 2 saturated carbocycles. The maximum atomic E-state index is 10.9. The number of nitrogens with one attached hydrogen (secondary N) is 1. The Labute approximate surface area is 83.6 Å². The molecule has 0 radical (unpaired) electrons. The molecule has 0 aromatic rings. The van der Waals surface area contributed by atoms with Gasteiger partial charge < -0.3 is 15.2 Å². The highest BCUT2D eigenvalue weighted by Crippen LogP contribution is 2.34. The van der Waals surface area contributed by atoms with E-state index in [2.05, 4.69) is 5.32 Å². The van der Waals surface area contributed by atoms with Crippen molar-refractivity contribution >= 4 is 5.97 Å². The number of ether oxygens (including phenoxy) is 1. The third-order valence-corrected chi connectivity index (χ3v) is 3.20. The van der Waals surface area contributed by atoms with E-state index in [1.807, 2.05) is 0 Å². The first-order valence-corrected chi connectivity index (χ1v) is 5.22. The molecule has 0 spiro atoms. The predicted octanol–water partition coefficient (Wildman–Crippen LogP) is 0.617. The molecular weight excluding hydrogens is 182 g/mol. The van der Waals surface area contributed by atoms with Gasteiger partial charge in [0.2, 0.25) is 0 Å². The summed E-state index contributed by atoms with van der Waals surface area (Å²) < 4.78 is 5.15. The number of hydrogen-bond donors (Lipinski definition) is 2. The molecule has 0 bridgehead atoms. The van der Waals surface area contributed by atoms with E-state index < -0.39 is 5.97 Å². The van der Waals surface area contributed by atoms with Crippen molar-refractivity contribution in [1.82, 2.24) is 5.32 Å². The van der Waals surface area contributed by atoms with E-state index >= 15 is 0 Å². The Morgan fingerprint density at radius 3 is 2.57 bits per heavy atom. The normalized spacial score (nSPS) is 33.5. The quantitative estimate of drug-likeness (QED) is 0.681. The second-order valence-electron chi connectivity index (χ2n) is 4.35. The molecule has 2 aliphatic carbocycles. The lowest BCUT2D eigenvalue weighted by molar-refractivity contribution is -0.140. The summed E-state index contributed by atoms with van der Waals surface area (Å²) in [5, 5.41) is 12.2. The van der Waals surface area contributed by atoms with E-state index in [-0.39, 0.29) is 6.04 Å². The van der Waals surface area contributed by atoms with Crippen molar-refractivity contribution < 1.29 is 14.6 Å². The predicted molar refractivity (Wildman–Crippen MR) is 51.1 cm³/mol. The molecule has 2 rings (SSSR count). The van der Waals surface area contributed by atoms with Gasteiger partial charge in [0, 0.05) is 13.2 Å². The summed E-state index contributed by atoms with van der Waals surface area (Å²) in [6.45, 7) is 0. The van der Waals surface area contributed by atoms with Crippen LogP contribution in [0.5, 0.6) is 0 Å². The molecule has 2 aliphatic rings. The smallest absolute Gasteiger partial charge is 0.320 e.